The van der Waals surface area contributed by atoms with Gasteiger partial charge in [0, 0.05) is 55.4 Å². The van der Waals surface area contributed by atoms with Crippen molar-refractivity contribution in [2.45, 2.75) is 70.4 Å². The number of nitrogens with one attached hydrogen (secondary N) is 1. The number of anilines is 2. The van der Waals surface area contributed by atoms with E-state index in [1.807, 2.05) is 57.0 Å². The van der Waals surface area contributed by atoms with Crippen LogP contribution in [0.25, 0.3) is 22.3 Å². The van der Waals surface area contributed by atoms with Gasteiger partial charge in [0.25, 0.3) is 0 Å². The van der Waals surface area contributed by atoms with E-state index in [1.165, 1.54) is 19.3 Å². The molecule has 1 N–H and O–H groups in total. The number of aromatic nitrogens is 5. The van der Waals surface area contributed by atoms with Crippen LogP contribution in [0.1, 0.15) is 70.4 Å². The fourth-order valence-electron chi connectivity index (χ4n) is 5.90. The van der Waals surface area contributed by atoms with Crippen molar-refractivity contribution in [3.05, 3.63) is 48.4 Å². The minimum atomic E-state index is -0.498. The first kappa shape index (κ1) is 27.1. The average molecular weight is 558 g/mol. The van der Waals surface area contributed by atoms with Gasteiger partial charge in [-0.05, 0) is 57.4 Å². The summed E-state index contributed by atoms with van der Waals surface area (Å²) in [5.74, 6) is 1.47. The zero-order valence-electron chi connectivity index (χ0n) is 24.6. The summed E-state index contributed by atoms with van der Waals surface area (Å²) in [5.41, 5.74) is 4.57. The molecule has 6 rings (SSSR count). The fraction of sp³-hybridized carbons (Fsp3) is 0.484. The number of aryl methyl sites for hydroxylation is 1. The van der Waals surface area contributed by atoms with Crippen molar-refractivity contribution in [1.29, 1.82) is 0 Å². The van der Waals surface area contributed by atoms with Gasteiger partial charge in [-0.1, -0.05) is 25.3 Å². The van der Waals surface area contributed by atoms with Crippen molar-refractivity contribution in [3.63, 3.8) is 0 Å². The Kier molecular flexibility index (Phi) is 7.09. The first-order chi connectivity index (χ1) is 19.7. The van der Waals surface area contributed by atoms with Crippen molar-refractivity contribution in [1.82, 2.24) is 29.2 Å². The van der Waals surface area contributed by atoms with Gasteiger partial charge >= 0.3 is 6.09 Å². The third kappa shape index (κ3) is 5.60. The molecule has 1 aliphatic carbocycles. The molecule has 10 heteroatoms. The van der Waals surface area contributed by atoms with Crippen molar-refractivity contribution in [3.8, 4) is 17.0 Å². The smallest absolute Gasteiger partial charge is 0.410 e. The van der Waals surface area contributed by atoms with Crippen LogP contribution in [0.15, 0.2) is 42.9 Å². The summed E-state index contributed by atoms with van der Waals surface area (Å²) >= 11 is 0. The van der Waals surface area contributed by atoms with Gasteiger partial charge in [0.05, 0.1) is 24.7 Å². The molecule has 1 saturated carbocycles. The summed E-state index contributed by atoms with van der Waals surface area (Å²) in [4.78, 5) is 23.8. The molecule has 10 nitrogen and oxygen atoms in total. The summed E-state index contributed by atoms with van der Waals surface area (Å²) in [6.45, 7) is 6.90. The van der Waals surface area contributed by atoms with Crippen molar-refractivity contribution in [2.75, 3.05) is 25.5 Å². The largest absolute Gasteiger partial charge is 0.495 e. The maximum absolute atomic E-state index is 12.3. The Morgan fingerprint density at radius 3 is 2.54 bits per heavy atom. The molecular formula is C31H39N7O3. The molecular weight excluding hydrogens is 518 g/mol. The number of fused-ring (bicyclic) bond motifs is 1. The molecule has 1 aromatic carbocycles. The van der Waals surface area contributed by atoms with Gasteiger partial charge < -0.3 is 24.3 Å². The van der Waals surface area contributed by atoms with Gasteiger partial charge in [-0.2, -0.15) is 10.1 Å². The number of rotatable bonds is 6. The highest BCUT2D eigenvalue weighted by atomic mass is 16.6. The van der Waals surface area contributed by atoms with Crippen LogP contribution in [-0.2, 0) is 11.8 Å². The first-order valence-corrected chi connectivity index (χ1v) is 14.5. The zero-order valence-corrected chi connectivity index (χ0v) is 24.6. The van der Waals surface area contributed by atoms with Crippen molar-refractivity contribution >= 4 is 28.8 Å². The molecule has 1 aliphatic heterocycles. The maximum Gasteiger partial charge on any atom is 0.410 e. The maximum atomic E-state index is 12.3. The van der Waals surface area contributed by atoms with E-state index in [0.717, 1.165) is 46.4 Å². The second-order valence-corrected chi connectivity index (χ2v) is 12.2. The Balaban J connectivity index is 1.24. The lowest BCUT2D eigenvalue weighted by Crippen LogP contribution is -2.50. The third-order valence-electron chi connectivity index (χ3n) is 7.99. The van der Waals surface area contributed by atoms with Crippen LogP contribution in [0.3, 0.4) is 0 Å². The Hall–Kier alpha value is -4.08. The third-order valence-corrected chi connectivity index (χ3v) is 7.99. The number of methoxy groups -OCH3 is 1. The van der Waals surface area contributed by atoms with Gasteiger partial charge in [0.15, 0.2) is 0 Å². The number of carbonyl (C=O) groups is 1. The molecule has 0 radical (unpaired) electrons. The molecule has 4 aromatic rings. The van der Waals surface area contributed by atoms with E-state index in [9.17, 15) is 4.79 Å². The molecule has 0 unspecified atom stereocenters. The van der Waals surface area contributed by atoms with Crippen LogP contribution < -0.4 is 10.1 Å². The lowest BCUT2D eigenvalue weighted by molar-refractivity contribution is 0.00818. The van der Waals surface area contributed by atoms with E-state index in [4.69, 9.17) is 14.5 Å². The minimum absolute atomic E-state index is 0.239. The normalized spacial score (nSPS) is 16.6. The second-order valence-electron chi connectivity index (χ2n) is 12.2. The molecule has 2 fully saturated rings. The molecule has 1 saturated heterocycles. The summed E-state index contributed by atoms with van der Waals surface area (Å²) in [5, 5.41) is 8.82. The Morgan fingerprint density at radius 2 is 1.85 bits per heavy atom. The monoisotopic (exact) mass is 557 g/mol. The van der Waals surface area contributed by atoms with E-state index in [-0.39, 0.29) is 12.0 Å². The van der Waals surface area contributed by atoms with Crippen LogP contribution in [0.5, 0.6) is 5.75 Å². The van der Waals surface area contributed by atoms with Crippen molar-refractivity contribution in [2.24, 2.45) is 7.05 Å². The lowest BCUT2D eigenvalue weighted by atomic mass is 9.91. The molecule has 0 bridgehead atoms. The molecule has 0 atom stereocenters. The van der Waals surface area contributed by atoms with Gasteiger partial charge in [-0.15, -0.1) is 0 Å². The minimum Gasteiger partial charge on any atom is -0.495 e. The number of amides is 1. The van der Waals surface area contributed by atoms with Crippen LogP contribution in [0.2, 0.25) is 0 Å². The predicted molar refractivity (Wildman–Crippen MR) is 159 cm³/mol. The van der Waals surface area contributed by atoms with Crippen LogP contribution in [0, 0.1) is 0 Å². The van der Waals surface area contributed by atoms with E-state index < -0.39 is 5.60 Å². The molecule has 3 aromatic heterocycles. The van der Waals surface area contributed by atoms with E-state index >= 15 is 0 Å². The summed E-state index contributed by atoms with van der Waals surface area (Å²) in [6.07, 6.45) is 11.6. The summed E-state index contributed by atoms with van der Waals surface area (Å²) in [6, 6.07) is 8.68. The molecule has 2 aliphatic rings. The predicted octanol–water partition coefficient (Wildman–Crippen LogP) is 6.42. The number of hydrogen-bond donors (Lipinski definition) is 1. The van der Waals surface area contributed by atoms with E-state index in [2.05, 4.69) is 38.3 Å². The zero-order chi connectivity index (χ0) is 28.7. The van der Waals surface area contributed by atoms with Gasteiger partial charge in [-0.25, -0.2) is 9.78 Å². The second kappa shape index (κ2) is 10.7. The van der Waals surface area contributed by atoms with E-state index in [1.54, 1.807) is 12.0 Å². The highest BCUT2D eigenvalue weighted by Crippen LogP contribution is 2.38. The standard InChI is InChI=1S/C31H39N7O3/c1-31(2,3)41-30(39)37-18-23(19-37)20-11-12-25(27(14-20)40-5)34-29-32-15-21-13-26(22-16-33-36(4)17-22)38(28(21)35-29)24-9-7-6-8-10-24/h11-17,23-24H,6-10,18-19H2,1-5H3,(H,32,34,35). The van der Waals surface area contributed by atoms with Crippen LogP contribution in [0.4, 0.5) is 16.4 Å². The van der Waals surface area contributed by atoms with Gasteiger partial charge in [0.1, 0.15) is 17.0 Å². The van der Waals surface area contributed by atoms with Crippen LogP contribution >= 0.6 is 0 Å². The van der Waals surface area contributed by atoms with Gasteiger partial charge in [0.2, 0.25) is 5.95 Å². The number of hydrogen-bond acceptors (Lipinski definition) is 7. The van der Waals surface area contributed by atoms with Crippen molar-refractivity contribution < 1.29 is 14.3 Å². The topological polar surface area (TPSA) is 99.3 Å². The molecule has 0 spiro atoms. The molecule has 4 heterocycles. The quantitative estimate of drug-likeness (QED) is 0.292. The Bertz CT molecular complexity index is 1560. The number of likely N-dealkylation sites (tertiary alicyclic amines) is 1. The fourth-order valence-corrected chi connectivity index (χ4v) is 5.90. The van der Waals surface area contributed by atoms with Crippen LogP contribution in [-0.4, -0.2) is 61.1 Å². The molecule has 41 heavy (non-hydrogen) atoms. The average Bonchev–Trinajstić information content (AvgIpc) is 3.51. The lowest BCUT2D eigenvalue weighted by Gasteiger charge is -2.40. The summed E-state index contributed by atoms with van der Waals surface area (Å²) in [7, 11) is 3.61. The first-order valence-electron chi connectivity index (χ1n) is 14.5. The van der Waals surface area contributed by atoms with Gasteiger partial charge in [-0.3, -0.25) is 4.68 Å². The number of ether oxygens (including phenoxy) is 2. The highest BCUT2D eigenvalue weighted by molar-refractivity contribution is 5.85. The number of benzene rings is 1. The van der Waals surface area contributed by atoms with E-state index in [0.29, 0.717) is 30.8 Å². The molecule has 216 valence electrons. The summed E-state index contributed by atoms with van der Waals surface area (Å²) < 4.78 is 15.5. The number of nitrogens with zero attached hydrogens (tertiary/aromatic N) is 6. The Labute approximate surface area is 240 Å². The number of carbonyl (C=O) groups excluding carboxylic acids is 1. The Morgan fingerprint density at radius 1 is 1.07 bits per heavy atom. The highest BCUT2D eigenvalue weighted by Gasteiger charge is 2.35. The SMILES string of the molecule is COc1cc(C2CN(C(=O)OC(C)(C)C)C2)ccc1Nc1ncc2cc(-c3cnn(C)c3)n(C3CCCCC3)c2n1. The molecule has 1 amide bonds.